The second-order valence-electron chi connectivity index (χ2n) is 6.64. The van der Waals surface area contributed by atoms with Crippen molar-refractivity contribution in [2.75, 3.05) is 5.73 Å². The van der Waals surface area contributed by atoms with E-state index in [4.69, 9.17) is 14.9 Å². The number of halogens is 3. The number of nitrogen functional groups attached to an aromatic ring is 1. The number of pyridine rings is 1. The molecule has 0 saturated heterocycles. The molecule has 0 atom stereocenters. The van der Waals surface area contributed by atoms with Crippen LogP contribution in [0, 0.1) is 24.4 Å². The molecule has 0 spiro atoms. The molecule has 8 heteroatoms. The molecule has 0 amide bonds. The Bertz CT molecular complexity index is 1340. The summed E-state index contributed by atoms with van der Waals surface area (Å²) in [4.78, 5) is 16.2. The van der Waals surface area contributed by atoms with E-state index in [0.29, 0.717) is 10.9 Å². The van der Waals surface area contributed by atoms with E-state index in [1.807, 2.05) is 0 Å². The topological polar surface area (TPSA) is 78.4 Å². The lowest BCUT2D eigenvalue weighted by Crippen LogP contribution is -2.12. The Morgan fingerprint density at radius 1 is 1.07 bits per heavy atom. The second-order valence-corrected chi connectivity index (χ2v) is 6.64. The molecule has 0 radical (unpaired) electrons. The van der Waals surface area contributed by atoms with Crippen LogP contribution in [0.25, 0.3) is 11.0 Å². The number of rotatable bonds is 4. The molecule has 152 valence electrons. The first-order chi connectivity index (χ1) is 14.4. The van der Waals surface area contributed by atoms with Crippen molar-refractivity contribution in [1.82, 2.24) is 4.98 Å². The maximum Gasteiger partial charge on any atom is 0.340 e. The largest absolute Gasteiger partial charge is 0.433 e. The molecule has 2 aromatic heterocycles. The molecule has 5 nitrogen and oxygen atoms in total. The van der Waals surface area contributed by atoms with Crippen molar-refractivity contribution in [2.24, 2.45) is 0 Å². The third-order valence-corrected chi connectivity index (χ3v) is 4.77. The summed E-state index contributed by atoms with van der Waals surface area (Å²) >= 11 is 0. The van der Waals surface area contributed by atoms with Crippen molar-refractivity contribution in [3.05, 3.63) is 93.2 Å². The fourth-order valence-electron chi connectivity index (χ4n) is 3.16. The van der Waals surface area contributed by atoms with Crippen molar-refractivity contribution in [1.29, 1.82) is 0 Å². The summed E-state index contributed by atoms with van der Waals surface area (Å²) < 4.78 is 53.3. The van der Waals surface area contributed by atoms with E-state index in [1.165, 1.54) is 36.5 Å². The summed E-state index contributed by atoms with van der Waals surface area (Å²) in [7, 11) is 0. The third-order valence-electron chi connectivity index (χ3n) is 4.77. The molecule has 0 fully saturated rings. The van der Waals surface area contributed by atoms with Crippen LogP contribution in [0.1, 0.15) is 16.7 Å². The molecule has 30 heavy (non-hydrogen) atoms. The van der Waals surface area contributed by atoms with Crippen LogP contribution in [0.15, 0.2) is 57.9 Å². The predicted octanol–water partition coefficient (Wildman–Crippen LogP) is 4.88. The first-order valence-corrected chi connectivity index (χ1v) is 8.93. The normalized spacial score (nSPS) is 11.1. The smallest absolute Gasteiger partial charge is 0.340 e. The number of ether oxygens (including phenoxy) is 1. The van der Waals surface area contributed by atoms with Crippen LogP contribution in [-0.4, -0.2) is 4.98 Å². The molecular formula is C22H15F3N2O3. The lowest BCUT2D eigenvalue weighted by molar-refractivity contribution is 0.395. The predicted molar refractivity (Wildman–Crippen MR) is 105 cm³/mol. The van der Waals surface area contributed by atoms with Gasteiger partial charge in [0.05, 0.1) is 5.69 Å². The standard InChI is InChI=1S/C22H15F3N2O3/c1-11-13-7-8-17(29-21-15(23)5-3-9-27-21)19(25)20(13)30-22(28)14(11)10-12-4-2-6-16(26)18(12)24/h2-9H,10,26H2,1H3. The molecule has 0 aliphatic carbocycles. The number of hydrogen-bond acceptors (Lipinski definition) is 5. The molecule has 4 aromatic rings. The molecule has 0 aliphatic heterocycles. The fourth-order valence-corrected chi connectivity index (χ4v) is 3.16. The molecule has 2 heterocycles. The van der Waals surface area contributed by atoms with Gasteiger partial charge >= 0.3 is 5.63 Å². The fraction of sp³-hybridized carbons (Fsp3) is 0.0909. The van der Waals surface area contributed by atoms with Gasteiger partial charge in [-0.05, 0) is 48.4 Å². The number of fused-ring (bicyclic) bond motifs is 1. The van der Waals surface area contributed by atoms with Gasteiger partial charge in [0.15, 0.2) is 17.1 Å². The van der Waals surface area contributed by atoms with E-state index in [2.05, 4.69) is 4.98 Å². The molecular weight excluding hydrogens is 397 g/mol. The Hall–Kier alpha value is -3.81. The van der Waals surface area contributed by atoms with Crippen LogP contribution < -0.4 is 16.1 Å². The van der Waals surface area contributed by atoms with Crippen LogP contribution in [0.2, 0.25) is 0 Å². The van der Waals surface area contributed by atoms with Crippen molar-refractivity contribution >= 4 is 16.7 Å². The van der Waals surface area contributed by atoms with Gasteiger partial charge in [0.1, 0.15) is 5.82 Å². The lowest BCUT2D eigenvalue weighted by atomic mass is 9.99. The third kappa shape index (κ3) is 3.36. The minimum Gasteiger partial charge on any atom is -0.433 e. The van der Waals surface area contributed by atoms with Crippen molar-refractivity contribution in [3.63, 3.8) is 0 Å². The summed E-state index contributed by atoms with van der Waals surface area (Å²) in [6.45, 7) is 1.61. The Morgan fingerprint density at radius 2 is 1.87 bits per heavy atom. The average Bonchev–Trinajstić information content (AvgIpc) is 2.72. The molecule has 0 aliphatic rings. The first kappa shape index (κ1) is 19.5. The van der Waals surface area contributed by atoms with E-state index in [1.54, 1.807) is 13.0 Å². The van der Waals surface area contributed by atoms with Gasteiger partial charge in [0.2, 0.25) is 5.82 Å². The Morgan fingerprint density at radius 3 is 2.63 bits per heavy atom. The Labute approximate surface area is 168 Å². The number of hydrogen-bond donors (Lipinski definition) is 1. The van der Waals surface area contributed by atoms with E-state index in [9.17, 15) is 18.0 Å². The zero-order valence-electron chi connectivity index (χ0n) is 15.7. The van der Waals surface area contributed by atoms with Gasteiger partial charge in [-0.15, -0.1) is 0 Å². The second kappa shape index (κ2) is 7.55. The Balaban J connectivity index is 1.79. The van der Waals surface area contributed by atoms with Gasteiger partial charge in [0.25, 0.3) is 5.88 Å². The highest BCUT2D eigenvalue weighted by Gasteiger charge is 2.20. The minimum atomic E-state index is -0.973. The van der Waals surface area contributed by atoms with Crippen molar-refractivity contribution in [3.8, 4) is 11.6 Å². The zero-order valence-corrected chi connectivity index (χ0v) is 15.7. The molecule has 4 rings (SSSR count). The van der Waals surface area contributed by atoms with Gasteiger partial charge in [-0.3, -0.25) is 0 Å². The Kier molecular flexibility index (Phi) is 4.91. The van der Waals surface area contributed by atoms with Gasteiger partial charge in [0, 0.05) is 23.6 Å². The average molecular weight is 412 g/mol. The maximum absolute atomic E-state index is 14.9. The van der Waals surface area contributed by atoms with Crippen LogP contribution >= 0.6 is 0 Å². The highest BCUT2D eigenvalue weighted by molar-refractivity contribution is 5.83. The number of benzene rings is 2. The molecule has 2 aromatic carbocycles. The summed E-state index contributed by atoms with van der Waals surface area (Å²) in [6, 6.07) is 9.74. The lowest BCUT2D eigenvalue weighted by Gasteiger charge is -2.12. The van der Waals surface area contributed by atoms with Crippen LogP contribution in [0.3, 0.4) is 0 Å². The van der Waals surface area contributed by atoms with Crippen molar-refractivity contribution < 1.29 is 22.3 Å². The summed E-state index contributed by atoms with van der Waals surface area (Å²) in [5, 5.41) is 0.306. The van der Waals surface area contributed by atoms with Gasteiger partial charge < -0.3 is 14.9 Å². The number of anilines is 1. The number of aromatic nitrogens is 1. The van der Waals surface area contributed by atoms with Gasteiger partial charge in [-0.2, -0.15) is 4.39 Å². The highest BCUT2D eigenvalue weighted by Crippen LogP contribution is 2.32. The van der Waals surface area contributed by atoms with E-state index in [0.717, 1.165) is 6.07 Å². The summed E-state index contributed by atoms with van der Waals surface area (Å²) in [5.74, 6) is -3.13. The highest BCUT2D eigenvalue weighted by atomic mass is 19.1. The van der Waals surface area contributed by atoms with Crippen molar-refractivity contribution in [2.45, 2.75) is 13.3 Å². The summed E-state index contributed by atoms with van der Waals surface area (Å²) in [6.07, 6.45) is 1.23. The molecule has 0 saturated carbocycles. The number of nitrogens with zero attached hydrogens (tertiary/aromatic N) is 1. The van der Waals surface area contributed by atoms with Crippen LogP contribution in [0.4, 0.5) is 18.9 Å². The van der Waals surface area contributed by atoms with E-state index < -0.39 is 29.0 Å². The number of nitrogens with two attached hydrogens (primary N) is 1. The van der Waals surface area contributed by atoms with E-state index >= 15 is 0 Å². The maximum atomic E-state index is 14.9. The van der Waals surface area contributed by atoms with Gasteiger partial charge in [-0.25, -0.2) is 18.6 Å². The summed E-state index contributed by atoms with van der Waals surface area (Å²) in [5.41, 5.74) is 5.20. The van der Waals surface area contributed by atoms with Gasteiger partial charge in [-0.1, -0.05) is 12.1 Å². The van der Waals surface area contributed by atoms with E-state index in [-0.39, 0.29) is 34.6 Å². The molecule has 0 unspecified atom stereocenters. The zero-order chi connectivity index (χ0) is 21.4. The van der Waals surface area contributed by atoms with Crippen LogP contribution in [0.5, 0.6) is 11.6 Å². The SMILES string of the molecule is Cc1c(Cc2cccc(N)c2F)c(=O)oc2c(F)c(Oc3ncccc3F)ccc12. The minimum absolute atomic E-state index is 0.0371. The quantitative estimate of drug-likeness (QED) is 0.382. The monoisotopic (exact) mass is 412 g/mol. The number of aryl methyl sites for hydroxylation is 1. The molecule has 0 bridgehead atoms. The van der Waals surface area contributed by atoms with Crippen LogP contribution in [-0.2, 0) is 6.42 Å². The molecule has 2 N–H and O–H groups in total. The first-order valence-electron chi connectivity index (χ1n) is 8.93.